The van der Waals surface area contributed by atoms with Gasteiger partial charge in [-0.05, 0) is 58.7 Å². The Labute approximate surface area is 207 Å². The molecule has 0 fully saturated rings. The van der Waals surface area contributed by atoms with Gasteiger partial charge in [-0.25, -0.2) is 9.38 Å². The number of para-hydroxylation sites is 1. The van der Waals surface area contributed by atoms with Crippen LogP contribution in [0.3, 0.4) is 0 Å². The van der Waals surface area contributed by atoms with Crippen molar-refractivity contribution in [2.45, 2.75) is 0 Å². The second-order valence-corrected chi connectivity index (χ2v) is 8.89. The van der Waals surface area contributed by atoms with Crippen LogP contribution >= 0.6 is 0 Å². The van der Waals surface area contributed by atoms with Crippen molar-refractivity contribution in [3.05, 3.63) is 138 Å². The van der Waals surface area contributed by atoms with Crippen molar-refractivity contribution in [3.63, 3.8) is 0 Å². The lowest BCUT2D eigenvalue weighted by molar-refractivity contribution is 1.05. The standard InChI is InChI=1S/C32H21N3O/c36-31-27-13-7-8-14-28(27)33-32-34(26-18-15-24(16-19-26)22-9-3-1-4-10-22)29-20-17-25(21-30(29)35(31)32)23-11-5-2-6-12-23/h1-21H. The summed E-state index contributed by atoms with van der Waals surface area (Å²) < 4.78 is 3.82. The molecule has 170 valence electrons. The second kappa shape index (κ2) is 8.07. The molecule has 0 aliphatic carbocycles. The van der Waals surface area contributed by atoms with E-state index in [4.69, 9.17) is 4.98 Å². The van der Waals surface area contributed by atoms with Gasteiger partial charge in [-0.2, -0.15) is 0 Å². The van der Waals surface area contributed by atoms with E-state index in [-0.39, 0.29) is 5.56 Å². The van der Waals surface area contributed by atoms with Gasteiger partial charge in [0.05, 0.1) is 21.9 Å². The lowest BCUT2D eigenvalue weighted by Gasteiger charge is -2.09. The third-order valence-electron chi connectivity index (χ3n) is 6.75. The van der Waals surface area contributed by atoms with Gasteiger partial charge in [0, 0.05) is 5.69 Å². The number of imidazole rings is 1. The van der Waals surface area contributed by atoms with E-state index in [2.05, 4.69) is 71.3 Å². The molecule has 0 amide bonds. The Balaban J connectivity index is 1.53. The average molecular weight is 464 g/mol. The van der Waals surface area contributed by atoms with Crippen LogP contribution in [-0.4, -0.2) is 14.0 Å². The van der Waals surface area contributed by atoms with Crippen molar-refractivity contribution >= 4 is 27.7 Å². The lowest BCUT2D eigenvalue weighted by Crippen LogP contribution is -2.15. The molecule has 0 saturated heterocycles. The number of benzene rings is 5. The smallest absolute Gasteiger partial charge is 0.267 e. The van der Waals surface area contributed by atoms with Crippen molar-refractivity contribution < 1.29 is 0 Å². The number of hydrogen-bond donors (Lipinski definition) is 0. The first-order valence-corrected chi connectivity index (χ1v) is 12.0. The SMILES string of the molecule is O=c1c2ccccc2nc2n(-c3ccc(-c4ccccc4)cc3)c3ccc(-c4ccccc4)cc3n12. The van der Waals surface area contributed by atoms with Gasteiger partial charge < -0.3 is 0 Å². The Kier molecular flexibility index (Phi) is 4.57. The Hall–Kier alpha value is -4.96. The molecule has 0 atom stereocenters. The molecule has 0 spiro atoms. The van der Waals surface area contributed by atoms with Crippen molar-refractivity contribution in [2.24, 2.45) is 0 Å². The molecule has 0 bridgehead atoms. The first-order valence-electron chi connectivity index (χ1n) is 12.0. The fourth-order valence-electron chi connectivity index (χ4n) is 4.99. The number of aromatic nitrogens is 3. The highest BCUT2D eigenvalue weighted by atomic mass is 16.1. The monoisotopic (exact) mass is 463 g/mol. The van der Waals surface area contributed by atoms with E-state index in [1.54, 1.807) is 4.40 Å². The minimum Gasteiger partial charge on any atom is -0.278 e. The molecule has 0 radical (unpaired) electrons. The van der Waals surface area contributed by atoms with Crippen LogP contribution in [0.25, 0.3) is 55.7 Å². The highest BCUT2D eigenvalue weighted by Crippen LogP contribution is 2.30. The van der Waals surface area contributed by atoms with Gasteiger partial charge >= 0.3 is 0 Å². The molecule has 4 heteroatoms. The minimum absolute atomic E-state index is 0.0644. The molecule has 4 nitrogen and oxygen atoms in total. The van der Waals surface area contributed by atoms with Crippen LogP contribution in [-0.2, 0) is 0 Å². The quantitative estimate of drug-likeness (QED) is 0.280. The van der Waals surface area contributed by atoms with Crippen molar-refractivity contribution in [1.82, 2.24) is 14.0 Å². The van der Waals surface area contributed by atoms with Crippen LogP contribution in [0.1, 0.15) is 0 Å². The maximum atomic E-state index is 13.7. The minimum atomic E-state index is -0.0644. The Morgan fingerprint density at radius 1 is 0.528 bits per heavy atom. The van der Waals surface area contributed by atoms with E-state index < -0.39 is 0 Å². The fraction of sp³-hybridized carbons (Fsp3) is 0. The van der Waals surface area contributed by atoms with Crippen molar-refractivity contribution in [1.29, 1.82) is 0 Å². The second-order valence-electron chi connectivity index (χ2n) is 8.89. The molecular formula is C32H21N3O. The molecule has 0 aliphatic heterocycles. The number of hydrogen-bond acceptors (Lipinski definition) is 2. The predicted molar refractivity (Wildman–Crippen MR) is 147 cm³/mol. The molecule has 0 unspecified atom stereocenters. The molecule has 0 saturated carbocycles. The summed E-state index contributed by atoms with van der Waals surface area (Å²) in [5.74, 6) is 0.603. The molecule has 5 aromatic carbocycles. The average Bonchev–Trinajstić information content (AvgIpc) is 3.28. The summed E-state index contributed by atoms with van der Waals surface area (Å²) in [6.07, 6.45) is 0. The van der Waals surface area contributed by atoms with E-state index in [9.17, 15) is 4.79 Å². The zero-order valence-corrected chi connectivity index (χ0v) is 19.4. The Morgan fingerprint density at radius 2 is 1.11 bits per heavy atom. The van der Waals surface area contributed by atoms with E-state index in [0.717, 1.165) is 33.4 Å². The summed E-state index contributed by atoms with van der Waals surface area (Å²) in [5.41, 5.74) is 7.82. The number of fused-ring (bicyclic) bond motifs is 4. The first-order chi connectivity index (χ1) is 17.8. The van der Waals surface area contributed by atoms with Crippen LogP contribution < -0.4 is 5.56 Å². The van der Waals surface area contributed by atoms with Crippen LogP contribution in [0, 0.1) is 0 Å². The summed E-state index contributed by atoms with van der Waals surface area (Å²) in [6, 6.07) is 42.8. The van der Waals surface area contributed by atoms with Gasteiger partial charge in [0.25, 0.3) is 5.56 Å². The molecule has 36 heavy (non-hydrogen) atoms. The van der Waals surface area contributed by atoms with Gasteiger partial charge in [-0.3, -0.25) is 9.36 Å². The molecule has 7 aromatic rings. The zero-order chi connectivity index (χ0) is 24.1. The fourth-order valence-corrected chi connectivity index (χ4v) is 4.99. The van der Waals surface area contributed by atoms with Gasteiger partial charge in [-0.15, -0.1) is 0 Å². The van der Waals surface area contributed by atoms with Crippen LogP contribution in [0.5, 0.6) is 0 Å². The van der Waals surface area contributed by atoms with Crippen LogP contribution in [0.2, 0.25) is 0 Å². The predicted octanol–water partition coefficient (Wildman–Crippen LogP) is 7.13. The van der Waals surface area contributed by atoms with Crippen molar-refractivity contribution in [2.75, 3.05) is 0 Å². The Morgan fingerprint density at radius 3 is 1.83 bits per heavy atom. The highest BCUT2D eigenvalue weighted by Gasteiger charge is 2.18. The Bertz CT molecular complexity index is 1930. The highest BCUT2D eigenvalue weighted by molar-refractivity contribution is 5.90. The van der Waals surface area contributed by atoms with Gasteiger partial charge in [-0.1, -0.05) is 91.0 Å². The number of rotatable bonds is 3. The van der Waals surface area contributed by atoms with Crippen LogP contribution in [0.4, 0.5) is 0 Å². The molecule has 0 N–H and O–H groups in total. The first kappa shape index (κ1) is 20.4. The molecule has 0 aliphatic rings. The summed E-state index contributed by atoms with van der Waals surface area (Å²) in [5, 5.41) is 0.610. The van der Waals surface area contributed by atoms with E-state index >= 15 is 0 Å². The lowest BCUT2D eigenvalue weighted by atomic mass is 10.0. The summed E-state index contributed by atoms with van der Waals surface area (Å²) >= 11 is 0. The zero-order valence-electron chi connectivity index (χ0n) is 19.4. The van der Waals surface area contributed by atoms with E-state index in [0.29, 0.717) is 16.7 Å². The normalized spacial score (nSPS) is 11.4. The molecular weight excluding hydrogens is 442 g/mol. The molecule has 7 rings (SSSR count). The molecule has 2 aromatic heterocycles. The summed E-state index contributed by atoms with van der Waals surface area (Å²) in [7, 11) is 0. The largest absolute Gasteiger partial charge is 0.278 e. The van der Waals surface area contributed by atoms with E-state index in [1.807, 2.05) is 60.7 Å². The topological polar surface area (TPSA) is 39.3 Å². The van der Waals surface area contributed by atoms with Gasteiger partial charge in [0.1, 0.15) is 0 Å². The summed E-state index contributed by atoms with van der Waals surface area (Å²) in [6.45, 7) is 0. The summed E-state index contributed by atoms with van der Waals surface area (Å²) in [4.78, 5) is 18.7. The maximum Gasteiger partial charge on any atom is 0.267 e. The molecule has 2 heterocycles. The van der Waals surface area contributed by atoms with E-state index in [1.165, 1.54) is 5.56 Å². The third-order valence-corrected chi connectivity index (χ3v) is 6.75. The third kappa shape index (κ3) is 3.16. The number of nitrogens with zero attached hydrogens (tertiary/aromatic N) is 3. The van der Waals surface area contributed by atoms with Gasteiger partial charge in [0.2, 0.25) is 5.78 Å². The maximum absolute atomic E-state index is 13.7. The van der Waals surface area contributed by atoms with Crippen molar-refractivity contribution in [3.8, 4) is 27.9 Å². The van der Waals surface area contributed by atoms with Gasteiger partial charge in [0.15, 0.2) is 0 Å². The van der Waals surface area contributed by atoms with Crippen LogP contribution in [0.15, 0.2) is 132 Å².